The van der Waals surface area contributed by atoms with Crippen LogP contribution in [-0.2, 0) is 6.61 Å². The van der Waals surface area contributed by atoms with Crippen LogP contribution in [-0.4, -0.2) is 0 Å². The van der Waals surface area contributed by atoms with Gasteiger partial charge in [0.2, 0.25) is 0 Å². The van der Waals surface area contributed by atoms with Gasteiger partial charge in [-0.25, -0.2) is 0 Å². The number of rotatable bonds is 4. The highest BCUT2D eigenvalue weighted by molar-refractivity contribution is 5.63. The Kier molecular flexibility index (Phi) is 3.88. The Morgan fingerprint density at radius 3 is 1.95 bits per heavy atom. The fourth-order valence-electron chi connectivity index (χ4n) is 2.15. The Labute approximate surface area is 124 Å². The molecular formula is C19H17NO. The van der Waals surface area contributed by atoms with Crippen LogP contribution in [0.4, 0.5) is 5.69 Å². The van der Waals surface area contributed by atoms with E-state index in [0.29, 0.717) is 6.61 Å². The van der Waals surface area contributed by atoms with Crippen molar-refractivity contribution in [1.82, 2.24) is 0 Å². The van der Waals surface area contributed by atoms with Gasteiger partial charge in [0, 0.05) is 5.69 Å². The second-order valence-corrected chi connectivity index (χ2v) is 4.92. The van der Waals surface area contributed by atoms with Crippen LogP contribution in [0.5, 0.6) is 5.75 Å². The number of ether oxygens (including phenoxy) is 1. The van der Waals surface area contributed by atoms with E-state index in [4.69, 9.17) is 10.5 Å². The highest BCUT2D eigenvalue weighted by Gasteiger charge is 1.99. The van der Waals surface area contributed by atoms with E-state index in [9.17, 15) is 0 Å². The first-order valence-corrected chi connectivity index (χ1v) is 6.94. The van der Waals surface area contributed by atoms with Crippen molar-refractivity contribution in [2.75, 3.05) is 5.73 Å². The lowest BCUT2D eigenvalue weighted by Gasteiger charge is -2.08. The highest BCUT2D eigenvalue weighted by Crippen LogP contribution is 2.22. The Balaban J connectivity index is 1.66. The lowest BCUT2D eigenvalue weighted by Crippen LogP contribution is -1.95. The molecule has 0 heterocycles. The minimum absolute atomic E-state index is 0.547. The minimum atomic E-state index is 0.547. The van der Waals surface area contributed by atoms with Gasteiger partial charge in [-0.15, -0.1) is 0 Å². The standard InChI is InChI=1S/C19H17NO/c20-18-10-6-15(7-11-18)14-21-19-12-8-17(9-13-19)16-4-2-1-3-5-16/h1-13H,14,20H2. The fourth-order valence-corrected chi connectivity index (χ4v) is 2.15. The van der Waals surface area contributed by atoms with Crippen LogP contribution in [0, 0.1) is 0 Å². The van der Waals surface area contributed by atoms with Crippen molar-refractivity contribution in [2.24, 2.45) is 0 Å². The Hall–Kier alpha value is -2.74. The van der Waals surface area contributed by atoms with Gasteiger partial charge in [0.05, 0.1) is 0 Å². The summed E-state index contributed by atoms with van der Waals surface area (Å²) in [5.41, 5.74) is 9.94. The van der Waals surface area contributed by atoms with Crippen molar-refractivity contribution in [1.29, 1.82) is 0 Å². The number of hydrogen-bond acceptors (Lipinski definition) is 2. The zero-order chi connectivity index (χ0) is 14.5. The van der Waals surface area contributed by atoms with Crippen molar-refractivity contribution >= 4 is 5.69 Å². The fraction of sp³-hybridized carbons (Fsp3) is 0.0526. The SMILES string of the molecule is Nc1ccc(COc2ccc(-c3ccccc3)cc2)cc1. The molecule has 3 aromatic rings. The van der Waals surface area contributed by atoms with Crippen LogP contribution < -0.4 is 10.5 Å². The Bertz CT molecular complexity index is 688. The molecule has 0 aromatic heterocycles. The lowest BCUT2D eigenvalue weighted by molar-refractivity contribution is 0.306. The van der Waals surface area contributed by atoms with Crippen molar-refractivity contribution < 1.29 is 4.74 Å². The van der Waals surface area contributed by atoms with E-state index in [2.05, 4.69) is 24.3 Å². The van der Waals surface area contributed by atoms with Gasteiger partial charge in [-0.2, -0.15) is 0 Å². The normalized spacial score (nSPS) is 10.3. The van der Waals surface area contributed by atoms with Crippen LogP contribution in [0.25, 0.3) is 11.1 Å². The van der Waals surface area contributed by atoms with Gasteiger partial charge < -0.3 is 10.5 Å². The maximum atomic E-state index is 5.78. The van der Waals surface area contributed by atoms with E-state index in [1.165, 1.54) is 11.1 Å². The summed E-state index contributed by atoms with van der Waals surface area (Å²) in [6.45, 7) is 0.547. The maximum absolute atomic E-state index is 5.78. The summed E-state index contributed by atoms with van der Waals surface area (Å²) < 4.78 is 5.78. The maximum Gasteiger partial charge on any atom is 0.119 e. The molecular weight excluding hydrogens is 258 g/mol. The molecule has 0 saturated heterocycles. The molecule has 0 unspecified atom stereocenters. The number of hydrogen-bond donors (Lipinski definition) is 1. The van der Waals surface area contributed by atoms with Gasteiger partial charge in [-0.1, -0.05) is 54.6 Å². The van der Waals surface area contributed by atoms with Crippen LogP contribution in [0.1, 0.15) is 5.56 Å². The number of benzene rings is 3. The molecule has 2 nitrogen and oxygen atoms in total. The smallest absolute Gasteiger partial charge is 0.119 e. The first kappa shape index (κ1) is 13.3. The average Bonchev–Trinajstić information content (AvgIpc) is 2.56. The molecule has 3 aromatic carbocycles. The Morgan fingerprint density at radius 1 is 0.667 bits per heavy atom. The van der Waals surface area contributed by atoms with Gasteiger partial charge in [0.15, 0.2) is 0 Å². The average molecular weight is 275 g/mol. The zero-order valence-corrected chi connectivity index (χ0v) is 11.7. The molecule has 104 valence electrons. The highest BCUT2D eigenvalue weighted by atomic mass is 16.5. The summed E-state index contributed by atoms with van der Waals surface area (Å²) in [4.78, 5) is 0. The molecule has 0 amide bonds. The third kappa shape index (κ3) is 3.42. The van der Waals surface area contributed by atoms with Crippen LogP contribution in [0.15, 0.2) is 78.9 Å². The van der Waals surface area contributed by atoms with E-state index < -0.39 is 0 Å². The number of anilines is 1. The largest absolute Gasteiger partial charge is 0.489 e. The Morgan fingerprint density at radius 2 is 1.29 bits per heavy atom. The van der Waals surface area contributed by atoms with Crippen molar-refractivity contribution in [3.8, 4) is 16.9 Å². The van der Waals surface area contributed by atoms with Crippen LogP contribution in [0.2, 0.25) is 0 Å². The van der Waals surface area contributed by atoms with E-state index in [1.807, 2.05) is 54.6 Å². The van der Waals surface area contributed by atoms with Crippen LogP contribution >= 0.6 is 0 Å². The second-order valence-electron chi connectivity index (χ2n) is 4.92. The molecule has 0 aliphatic heterocycles. The summed E-state index contributed by atoms with van der Waals surface area (Å²) in [5.74, 6) is 0.867. The van der Waals surface area contributed by atoms with Gasteiger partial charge >= 0.3 is 0 Å². The molecule has 0 saturated carbocycles. The topological polar surface area (TPSA) is 35.2 Å². The van der Waals surface area contributed by atoms with Gasteiger partial charge in [-0.3, -0.25) is 0 Å². The van der Waals surface area contributed by atoms with Gasteiger partial charge in [0.1, 0.15) is 12.4 Å². The molecule has 0 aliphatic rings. The van der Waals surface area contributed by atoms with Gasteiger partial charge in [-0.05, 0) is 41.0 Å². The van der Waals surface area contributed by atoms with Crippen molar-refractivity contribution in [2.45, 2.75) is 6.61 Å². The minimum Gasteiger partial charge on any atom is -0.489 e. The second kappa shape index (κ2) is 6.14. The molecule has 0 bridgehead atoms. The zero-order valence-electron chi connectivity index (χ0n) is 11.7. The first-order chi connectivity index (χ1) is 10.3. The van der Waals surface area contributed by atoms with Crippen molar-refractivity contribution in [3.63, 3.8) is 0 Å². The molecule has 0 radical (unpaired) electrons. The monoisotopic (exact) mass is 275 g/mol. The summed E-state index contributed by atoms with van der Waals surface area (Å²) in [6.07, 6.45) is 0. The van der Waals surface area contributed by atoms with E-state index in [1.54, 1.807) is 0 Å². The summed E-state index contributed by atoms with van der Waals surface area (Å²) in [6, 6.07) is 26.2. The number of nitrogens with two attached hydrogens (primary N) is 1. The van der Waals surface area contributed by atoms with Crippen molar-refractivity contribution in [3.05, 3.63) is 84.4 Å². The molecule has 21 heavy (non-hydrogen) atoms. The summed E-state index contributed by atoms with van der Waals surface area (Å²) in [5, 5.41) is 0. The quantitative estimate of drug-likeness (QED) is 0.711. The summed E-state index contributed by atoms with van der Waals surface area (Å²) in [7, 11) is 0. The van der Waals surface area contributed by atoms with Crippen LogP contribution in [0.3, 0.4) is 0 Å². The predicted molar refractivity (Wildman–Crippen MR) is 87.1 cm³/mol. The number of nitrogen functional groups attached to an aromatic ring is 1. The molecule has 2 heteroatoms. The molecule has 2 N–H and O–H groups in total. The molecule has 0 atom stereocenters. The third-order valence-corrected chi connectivity index (χ3v) is 3.35. The summed E-state index contributed by atoms with van der Waals surface area (Å²) >= 11 is 0. The van der Waals surface area contributed by atoms with E-state index in [-0.39, 0.29) is 0 Å². The lowest BCUT2D eigenvalue weighted by atomic mass is 10.1. The molecule has 0 fully saturated rings. The van der Waals surface area contributed by atoms with Gasteiger partial charge in [0.25, 0.3) is 0 Å². The van der Waals surface area contributed by atoms with E-state index in [0.717, 1.165) is 17.0 Å². The molecule has 0 spiro atoms. The van der Waals surface area contributed by atoms with E-state index >= 15 is 0 Å². The molecule has 0 aliphatic carbocycles. The first-order valence-electron chi connectivity index (χ1n) is 6.94. The molecule has 3 rings (SSSR count). The third-order valence-electron chi connectivity index (χ3n) is 3.35. The predicted octanol–water partition coefficient (Wildman–Crippen LogP) is 4.51.